The molecule has 0 spiro atoms. The Bertz CT molecular complexity index is 1070. The average molecular weight is 466 g/mol. The van der Waals surface area contributed by atoms with Crippen LogP contribution < -0.4 is 4.90 Å². The highest BCUT2D eigenvalue weighted by Crippen LogP contribution is 2.45. The van der Waals surface area contributed by atoms with Crippen LogP contribution in [0.15, 0.2) is 54.1 Å². The Balaban J connectivity index is 1.50. The van der Waals surface area contributed by atoms with Gasteiger partial charge in [-0.1, -0.05) is 17.7 Å². The van der Waals surface area contributed by atoms with Gasteiger partial charge in [0.2, 0.25) is 0 Å². The van der Waals surface area contributed by atoms with E-state index in [0.717, 1.165) is 17.7 Å². The molecule has 3 aliphatic rings. The lowest BCUT2D eigenvalue weighted by Crippen LogP contribution is -2.53. The normalized spacial score (nSPS) is 22.6. The third kappa shape index (κ3) is 3.42. The lowest BCUT2D eigenvalue weighted by molar-refractivity contribution is -0.433. The van der Waals surface area contributed by atoms with Crippen LogP contribution in [0.3, 0.4) is 0 Å². The van der Waals surface area contributed by atoms with E-state index in [-0.39, 0.29) is 16.8 Å². The summed E-state index contributed by atoms with van der Waals surface area (Å²) < 4.78 is 38.9. The molecule has 2 saturated heterocycles. The van der Waals surface area contributed by atoms with Crippen LogP contribution in [-0.2, 0) is 12.7 Å². The average Bonchev–Trinajstić information content (AvgIpc) is 3.31. The Morgan fingerprint density at radius 2 is 1.88 bits per heavy atom. The zero-order valence-corrected chi connectivity index (χ0v) is 17.6. The van der Waals surface area contributed by atoms with Crippen molar-refractivity contribution in [1.82, 2.24) is 14.8 Å². The Hall–Kier alpha value is -3.01. The molecule has 0 amide bonds. The number of pyridine rings is 1. The molecule has 4 heterocycles. The molecule has 1 aromatic carbocycles. The number of benzene rings is 1. The number of alkyl halides is 3. The summed E-state index contributed by atoms with van der Waals surface area (Å²) in [6, 6.07) is 7.91. The van der Waals surface area contributed by atoms with Crippen LogP contribution in [0.5, 0.6) is 0 Å². The van der Waals surface area contributed by atoms with Crippen molar-refractivity contribution in [2.45, 2.75) is 37.8 Å². The topological polar surface area (TPSA) is 65.8 Å². The number of nitro groups is 1. The van der Waals surface area contributed by atoms with Gasteiger partial charge >= 0.3 is 11.9 Å². The van der Waals surface area contributed by atoms with Gasteiger partial charge in [0.1, 0.15) is 17.4 Å². The molecule has 5 rings (SSSR count). The summed E-state index contributed by atoms with van der Waals surface area (Å²) in [4.78, 5) is 21.8. The van der Waals surface area contributed by atoms with Gasteiger partial charge in [0.25, 0.3) is 0 Å². The first kappa shape index (κ1) is 20.9. The molecular formula is C21H19ClF3N5O2. The summed E-state index contributed by atoms with van der Waals surface area (Å²) in [7, 11) is 0. The van der Waals surface area contributed by atoms with Crippen molar-refractivity contribution in [2.75, 3.05) is 18.0 Å². The van der Waals surface area contributed by atoms with Gasteiger partial charge in [0.05, 0.1) is 10.5 Å². The zero-order valence-electron chi connectivity index (χ0n) is 16.8. The number of aromatic nitrogens is 1. The van der Waals surface area contributed by atoms with Crippen LogP contribution in [0.25, 0.3) is 0 Å². The van der Waals surface area contributed by atoms with E-state index in [2.05, 4.69) is 4.98 Å². The lowest BCUT2D eigenvalue weighted by Gasteiger charge is -2.42. The van der Waals surface area contributed by atoms with E-state index in [1.165, 1.54) is 12.1 Å². The minimum Gasteiger partial charge on any atom is -0.347 e. The first-order valence-electron chi connectivity index (χ1n) is 10.2. The molecule has 2 fully saturated rings. The molecule has 168 valence electrons. The van der Waals surface area contributed by atoms with Crippen LogP contribution in [0.4, 0.5) is 18.9 Å². The Morgan fingerprint density at radius 1 is 1.12 bits per heavy atom. The molecule has 7 nitrogen and oxygen atoms in total. The summed E-state index contributed by atoms with van der Waals surface area (Å²) in [5.74, 6) is 0.598. The van der Waals surface area contributed by atoms with Crippen molar-refractivity contribution in [1.29, 1.82) is 0 Å². The third-order valence-corrected chi connectivity index (χ3v) is 6.52. The zero-order chi connectivity index (χ0) is 22.6. The molecule has 2 unspecified atom stereocenters. The highest BCUT2D eigenvalue weighted by Gasteiger charge is 2.54. The minimum absolute atomic E-state index is 0.0954. The summed E-state index contributed by atoms with van der Waals surface area (Å²) in [6.07, 6.45) is -1.64. The van der Waals surface area contributed by atoms with Crippen LogP contribution >= 0.6 is 11.6 Å². The van der Waals surface area contributed by atoms with Crippen molar-refractivity contribution >= 4 is 17.3 Å². The van der Waals surface area contributed by atoms with Crippen molar-refractivity contribution in [3.05, 3.63) is 80.5 Å². The Kier molecular flexibility index (Phi) is 4.92. The number of halogens is 4. The van der Waals surface area contributed by atoms with Crippen molar-refractivity contribution < 1.29 is 18.1 Å². The van der Waals surface area contributed by atoms with E-state index in [0.29, 0.717) is 49.1 Å². The minimum atomic E-state index is -4.43. The molecule has 1 aromatic heterocycles. The Labute approximate surface area is 186 Å². The van der Waals surface area contributed by atoms with Crippen LogP contribution in [-0.4, -0.2) is 45.0 Å². The van der Waals surface area contributed by atoms with Gasteiger partial charge in [-0.15, -0.1) is 0 Å². The number of nitrogens with zero attached hydrogens (tertiary/aromatic N) is 5. The second-order valence-electron chi connectivity index (χ2n) is 8.10. The molecular weight excluding hydrogens is 447 g/mol. The van der Waals surface area contributed by atoms with Crippen molar-refractivity contribution in [3.63, 3.8) is 0 Å². The molecule has 11 heteroatoms. The van der Waals surface area contributed by atoms with Crippen LogP contribution in [0.1, 0.15) is 24.0 Å². The fraction of sp³-hybridized carbons (Fsp3) is 0.381. The summed E-state index contributed by atoms with van der Waals surface area (Å²) in [5, 5.41) is 12.6. The van der Waals surface area contributed by atoms with Gasteiger partial charge in [-0.3, -0.25) is 10.1 Å². The number of fused-ring (bicyclic) bond motifs is 4. The summed E-state index contributed by atoms with van der Waals surface area (Å²) in [5.41, 5.74) is 0.812. The number of hydrogen-bond acceptors (Lipinski definition) is 6. The molecule has 2 atom stereocenters. The maximum absolute atomic E-state index is 13.0. The van der Waals surface area contributed by atoms with E-state index in [1.54, 1.807) is 12.3 Å². The first-order valence-corrected chi connectivity index (χ1v) is 10.6. The van der Waals surface area contributed by atoms with Gasteiger partial charge in [-0.2, -0.15) is 13.2 Å². The maximum Gasteiger partial charge on any atom is 0.416 e. The monoisotopic (exact) mass is 465 g/mol. The fourth-order valence-electron chi connectivity index (χ4n) is 4.99. The van der Waals surface area contributed by atoms with Crippen molar-refractivity contribution in [3.8, 4) is 0 Å². The number of rotatable bonds is 4. The van der Waals surface area contributed by atoms with E-state index < -0.39 is 17.8 Å². The molecule has 0 saturated carbocycles. The highest BCUT2D eigenvalue weighted by atomic mass is 35.5. The second kappa shape index (κ2) is 7.54. The number of hydrogen-bond donors (Lipinski definition) is 0. The van der Waals surface area contributed by atoms with E-state index in [4.69, 9.17) is 11.6 Å². The summed E-state index contributed by atoms with van der Waals surface area (Å²) in [6.45, 7) is 1.68. The molecule has 32 heavy (non-hydrogen) atoms. The Morgan fingerprint density at radius 3 is 2.50 bits per heavy atom. The predicted octanol–water partition coefficient (Wildman–Crippen LogP) is 4.33. The number of anilines is 1. The standard InChI is InChI=1S/C21H19ClF3N5O2/c22-17-7-1-13(11-26-17)12-27-9-10-28-18-8-6-16(19(20(27)28)30(31)32)29(18)15-4-2-14(3-5-15)21(23,24)25/h1-5,7,11,16,18H,6,8-10,12H2. The van der Waals surface area contributed by atoms with Gasteiger partial charge in [0, 0.05) is 31.5 Å². The molecule has 0 N–H and O–H groups in total. The van der Waals surface area contributed by atoms with Gasteiger partial charge < -0.3 is 14.7 Å². The molecule has 3 aliphatic heterocycles. The van der Waals surface area contributed by atoms with E-state index in [1.807, 2.05) is 20.8 Å². The van der Waals surface area contributed by atoms with E-state index in [9.17, 15) is 23.3 Å². The lowest BCUT2D eigenvalue weighted by atomic mass is 10.1. The fourth-order valence-corrected chi connectivity index (χ4v) is 5.10. The van der Waals surface area contributed by atoms with Crippen LogP contribution in [0.2, 0.25) is 5.15 Å². The maximum atomic E-state index is 13.0. The molecule has 0 radical (unpaired) electrons. The molecule has 2 aromatic rings. The predicted molar refractivity (Wildman–Crippen MR) is 111 cm³/mol. The van der Waals surface area contributed by atoms with Gasteiger partial charge in [-0.25, -0.2) is 4.98 Å². The first-order chi connectivity index (χ1) is 15.2. The van der Waals surface area contributed by atoms with Crippen molar-refractivity contribution in [2.24, 2.45) is 0 Å². The SMILES string of the molecule is O=[N+]([O-])C1=C2N(Cc3ccc(Cl)nc3)CCN2C2CCC1N2c1ccc(C(F)(F)F)cc1. The third-order valence-electron chi connectivity index (χ3n) is 6.29. The quantitative estimate of drug-likeness (QED) is 0.380. The van der Waals surface area contributed by atoms with Gasteiger partial charge in [0.15, 0.2) is 5.82 Å². The van der Waals surface area contributed by atoms with E-state index >= 15 is 0 Å². The molecule has 2 bridgehead atoms. The highest BCUT2D eigenvalue weighted by molar-refractivity contribution is 6.29. The second-order valence-corrected chi connectivity index (χ2v) is 8.48. The largest absolute Gasteiger partial charge is 0.416 e. The van der Waals surface area contributed by atoms with Gasteiger partial charge in [-0.05, 0) is 48.7 Å². The molecule has 0 aliphatic carbocycles. The smallest absolute Gasteiger partial charge is 0.347 e. The van der Waals surface area contributed by atoms with Crippen LogP contribution in [0, 0.1) is 10.1 Å². The summed E-state index contributed by atoms with van der Waals surface area (Å²) >= 11 is 5.86.